The third kappa shape index (κ3) is 9.19. The number of hydrogen-bond donors (Lipinski definition) is 2. The van der Waals surface area contributed by atoms with Crippen LogP contribution in [0.5, 0.6) is 0 Å². The van der Waals surface area contributed by atoms with Gasteiger partial charge in [0.1, 0.15) is 6.10 Å². The molecule has 0 bridgehead atoms. The molecule has 52 valence electrons. The van der Waals surface area contributed by atoms with Crippen LogP contribution in [0, 0.1) is 0 Å². The Labute approximate surface area is 52.9 Å². The lowest BCUT2D eigenvalue weighted by molar-refractivity contribution is -0.145. The highest BCUT2D eigenvalue weighted by Crippen LogP contribution is 1.73. The minimum Gasteiger partial charge on any atom is -0.479 e. The van der Waals surface area contributed by atoms with Gasteiger partial charge in [-0.25, -0.2) is 4.79 Å². The van der Waals surface area contributed by atoms with Crippen molar-refractivity contribution in [2.75, 3.05) is 0 Å². The zero-order valence-electron chi connectivity index (χ0n) is 4.29. The van der Waals surface area contributed by atoms with E-state index in [1.165, 1.54) is 6.92 Å². The molecule has 0 aromatic heterocycles. The van der Waals surface area contributed by atoms with Crippen molar-refractivity contribution in [2.45, 2.75) is 13.0 Å². The second kappa shape index (κ2) is 6.68. The smallest absolute Gasteiger partial charge is 0.332 e. The summed E-state index contributed by atoms with van der Waals surface area (Å²) >= 11 is 0. The topological polar surface area (TPSA) is 89.0 Å². The largest absolute Gasteiger partial charge is 0.479 e. The van der Waals surface area contributed by atoms with E-state index in [0.29, 0.717) is 0 Å². The number of rotatable bonds is 1. The second-order valence-electron chi connectivity index (χ2n) is 1.01. The molecule has 0 aliphatic carbocycles. The first-order valence-corrected chi connectivity index (χ1v) is 1.55. The van der Waals surface area contributed by atoms with Crippen LogP contribution in [0.15, 0.2) is 0 Å². The summed E-state index contributed by atoms with van der Waals surface area (Å²) in [6.07, 6.45) is -1.23. The maximum absolute atomic E-state index is 9.45. The van der Waals surface area contributed by atoms with Crippen LogP contribution in [-0.2, 0) is 4.79 Å². The van der Waals surface area contributed by atoms with E-state index in [0.717, 1.165) is 0 Å². The molecule has 0 radical (unpaired) electrons. The summed E-state index contributed by atoms with van der Waals surface area (Å²) in [4.78, 5) is 9.45. The number of aliphatic hydroxyl groups excluding tert-OH is 1. The van der Waals surface area contributed by atoms with E-state index >= 15 is 0 Å². The number of carboxylic acids is 1. The van der Waals surface area contributed by atoms with Crippen molar-refractivity contribution in [2.24, 2.45) is 0 Å². The number of carboxylic acid groups (broad SMARTS) is 1. The van der Waals surface area contributed by atoms with E-state index in [2.05, 4.69) is 0 Å². The van der Waals surface area contributed by atoms with Crippen LogP contribution in [0.25, 0.3) is 0 Å². The van der Waals surface area contributed by atoms with Gasteiger partial charge < -0.3 is 15.7 Å². The summed E-state index contributed by atoms with van der Waals surface area (Å²) < 4.78 is 0. The summed E-state index contributed by atoms with van der Waals surface area (Å²) in [5, 5.41) is 15.8. The predicted octanol–water partition coefficient (Wildman–Crippen LogP) is -0.951. The Hall–Kier alpha value is -0.320. The molecule has 0 fully saturated rings. The molecule has 0 heterocycles. The lowest BCUT2D eigenvalue weighted by atomic mass is 10.4. The summed E-state index contributed by atoms with van der Waals surface area (Å²) in [5.74, 6) is -1.19. The number of halogens is 1. The molecule has 8 heavy (non-hydrogen) atoms. The minimum atomic E-state index is -1.23. The van der Waals surface area contributed by atoms with Crippen LogP contribution in [0.1, 0.15) is 6.92 Å². The third-order valence-corrected chi connectivity index (χ3v) is 0.357. The molecule has 0 aliphatic heterocycles. The molecule has 0 saturated heterocycles. The molecule has 0 aromatic carbocycles. The molecule has 5 heteroatoms. The molecular weight excluding hydrogens is 135 g/mol. The SMILES string of the molecule is CC(O)C(=O)O.Cl.O. The average Bonchev–Trinajstić information content (AvgIpc) is 1.36. The van der Waals surface area contributed by atoms with Gasteiger partial charge in [-0.15, -0.1) is 12.4 Å². The van der Waals surface area contributed by atoms with Crippen LogP contribution in [-0.4, -0.2) is 27.8 Å². The highest BCUT2D eigenvalue weighted by atomic mass is 35.5. The summed E-state index contributed by atoms with van der Waals surface area (Å²) in [5.41, 5.74) is 0. The van der Waals surface area contributed by atoms with Crippen molar-refractivity contribution in [1.29, 1.82) is 0 Å². The summed E-state index contributed by atoms with van der Waals surface area (Å²) in [7, 11) is 0. The normalized spacial score (nSPS) is 10.2. The molecule has 0 spiro atoms. The second-order valence-corrected chi connectivity index (χ2v) is 1.01. The molecule has 4 nitrogen and oxygen atoms in total. The Morgan fingerprint density at radius 2 is 1.75 bits per heavy atom. The van der Waals surface area contributed by atoms with Gasteiger partial charge >= 0.3 is 5.97 Å². The van der Waals surface area contributed by atoms with Crippen molar-refractivity contribution in [1.82, 2.24) is 0 Å². The number of aliphatic hydroxyl groups is 1. The first kappa shape index (κ1) is 15.6. The highest BCUT2D eigenvalue weighted by molar-refractivity contribution is 5.85. The van der Waals surface area contributed by atoms with E-state index in [9.17, 15) is 4.79 Å². The average molecular weight is 145 g/mol. The van der Waals surface area contributed by atoms with Gasteiger partial charge in [-0.2, -0.15) is 0 Å². The van der Waals surface area contributed by atoms with Crippen molar-refractivity contribution < 1.29 is 20.5 Å². The zero-order valence-corrected chi connectivity index (χ0v) is 5.10. The van der Waals surface area contributed by atoms with E-state index in [4.69, 9.17) is 10.2 Å². The Kier molecular flexibility index (Phi) is 13.1. The van der Waals surface area contributed by atoms with Gasteiger partial charge in [-0.1, -0.05) is 0 Å². The fraction of sp³-hybridized carbons (Fsp3) is 0.667. The Morgan fingerprint density at radius 1 is 1.62 bits per heavy atom. The third-order valence-electron chi connectivity index (χ3n) is 0.357. The van der Waals surface area contributed by atoms with Gasteiger partial charge in [0.2, 0.25) is 0 Å². The molecule has 1 atom stereocenters. The first-order chi connectivity index (χ1) is 2.64. The zero-order chi connectivity index (χ0) is 5.15. The van der Waals surface area contributed by atoms with Gasteiger partial charge in [0, 0.05) is 0 Å². The van der Waals surface area contributed by atoms with Crippen molar-refractivity contribution in [3.05, 3.63) is 0 Å². The number of carbonyl (C=O) groups is 1. The van der Waals surface area contributed by atoms with Gasteiger partial charge in [-0.3, -0.25) is 0 Å². The van der Waals surface area contributed by atoms with Crippen LogP contribution >= 0.6 is 12.4 Å². The predicted molar refractivity (Wildman–Crippen MR) is 30.2 cm³/mol. The lowest BCUT2D eigenvalue weighted by Gasteiger charge is -1.89. The van der Waals surface area contributed by atoms with Crippen molar-refractivity contribution >= 4 is 18.4 Å². The van der Waals surface area contributed by atoms with Gasteiger partial charge in [0.05, 0.1) is 0 Å². The quantitative estimate of drug-likeness (QED) is 0.497. The standard InChI is InChI=1S/C3H6O3.ClH.H2O/c1-2(4)3(5)6;;/h2,4H,1H3,(H,5,6);1H;1H2. The molecular formula is C3H9ClO4. The molecule has 0 aromatic rings. The molecule has 0 aliphatic rings. The molecule has 0 rings (SSSR count). The van der Waals surface area contributed by atoms with Crippen molar-refractivity contribution in [3.63, 3.8) is 0 Å². The van der Waals surface area contributed by atoms with E-state index < -0.39 is 12.1 Å². The van der Waals surface area contributed by atoms with E-state index in [-0.39, 0.29) is 17.9 Å². The summed E-state index contributed by atoms with van der Waals surface area (Å²) in [6.45, 7) is 1.20. The van der Waals surface area contributed by atoms with Crippen LogP contribution in [0.4, 0.5) is 0 Å². The minimum absolute atomic E-state index is 0. The van der Waals surface area contributed by atoms with Crippen LogP contribution in [0.3, 0.4) is 0 Å². The highest BCUT2D eigenvalue weighted by Gasteiger charge is 2.01. The molecule has 0 saturated carbocycles. The fourth-order valence-electron chi connectivity index (χ4n) is 0. The Bertz CT molecular complexity index is 62.3. The Morgan fingerprint density at radius 3 is 1.75 bits per heavy atom. The molecule has 0 amide bonds. The number of hydrogen-bond acceptors (Lipinski definition) is 2. The van der Waals surface area contributed by atoms with Gasteiger partial charge in [0.25, 0.3) is 0 Å². The monoisotopic (exact) mass is 144 g/mol. The number of aliphatic carboxylic acids is 1. The van der Waals surface area contributed by atoms with Crippen molar-refractivity contribution in [3.8, 4) is 0 Å². The maximum Gasteiger partial charge on any atom is 0.332 e. The molecule has 1 unspecified atom stereocenters. The first-order valence-electron chi connectivity index (χ1n) is 1.55. The summed E-state index contributed by atoms with van der Waals surface area (Å²) in [6, 6.07) is 0. The maximum atomic E-state index is 9.45. The van der Waals surface area contributed by atoms with Gasteiger partial charge in [-0.05, 0) is 6.92 Å². The lowest BCUT2D eigenvalue weighted by Crippen LogP contribution is -2.13. The fourth-order valence-corrected chi connectivity index (χ4v) is 0. The Balaban J connectivity index is -0.000000125. The van der Waals surface area contributed by atoms with E-state index in [1.54, 1.807) is 0 Å². The van der Waals surface area contributed by atoms with Crippen LogP contribution in [0.2, 0.25) is 0 Å². The van der Waals surface area contributed by atoms with E-state index in [1.807, 2.05) is 0 Å². The van der Waals surface area contributed by atoms with Gasteiger partial charge in [0.15, 0.2) is 0 Å². The van der Waals surface area contributed by atoms with Crippen LogP contribution < -0.4 is 0 Å². The molecule has 4 N–H and O–H groups in total.